The summed E-state index contributed by atoms with van der Waals surface area (Å²) in [6, 6.07) is 15.3. The van der Waals surface area contributed by atoms with Crippen LogP contribution >= 0.6 is 11.6 Å². The first-order valence-corrected chi connectivity index (χ1v) is 9.69. The average molecular weight is 399 g/mol. The molecule has 1 amide bonds. The molecule has 0 atom stereocenters. The molecule has 2 heterocycles. The molecule has 2 aromatic carbocycles. The van der Waals surface area contributed by atoms with Crippen molar-refractivity contribution in [2.75, 3.05) is 23.3 Å². The maximum Gasteiger partial charge on any atom is 0.291 e. The third kappa shape index (κ3) is 4.04. The van der Waals surface area contributed by atoms with Gasteiger partial charge in [-0.05, 0) is 61.7 Å². The van der Waals surface area contributed by atoms with Crippen LogP contribution in [0.15, 0.2) is 59.0 Å². The van der Waals surface area contributed by atoms with E-state index in [9.17, 15) is 9.18 Å². The zero-order valence-electron chi connectivity index (χ0n) is 15.3. The maximum atomic E-state index is 14.5. The number of anilines is 2. The van der Waals surface area contributed by atoms with Crippen LogP contribution in [0, 0.1) is 5.82 Å². The van der Waals surface area contributed by atoms with Gasteiger partial charge in [-0.1, -0.05) is 23.7 Å². The molecule has 6 heteroatoms. The molecule has 4 nitrogen and oxygen atoms in total. The van der Waals surface area contributed by atoms with Crippen LogP contribution in [0.2, 0.25) is 5.02 Å². The molecule has 0 unspecified atom stereocenters. The van der Waals surface area contributed by atoms with Crippen LogP contribution in [0.5, 0.6) is 0 Å². The van der Waals surface area contributed by atoms with E-state index in [0.29, 0.717) is 22.2 Å². The first-order chi connectivity index (χ1) is 13.6. The SMILES string of the molecule is O=C(Nc1ccc(N2CCCCC2)c(F)c1)c1ccc(-c2cccc(Cl)c2)o1. The molecule has 28 heavy (non-hydrogen) atoms. The Morgan fingerprint density at radius 3 is 2.61 bits per heavy atom. The highest BCUT2D eigenvalue weighted by Gasteiger charge is 2.17. The number of carbonyl (C=O) groups is 1. The number of piperidine rings is 1. The van der Waals surface area contributed by atoms with Crippen molar-refractivity contribution in [2.45, 2.75) is 19.3 Å². The summed E-state index contributed by atoms with van der Waals surface area (Å²) in [7, 11) is 0. The summed E-state index contributed by atoms with van der Waals surface area (Å²) < 4.78 is 20.2. The second kappa shape index (κ2) is 8.07. The van der Waals surface area contributed by atoms with Crippen molar-refractivity contribution in [1.82, 2.24) is 0 Å². The fourth-order valence-corrected chi connectivity index (χ4v) is 3.62. The van der Waals surface area contributed by atoms with Crippen molar-refractivity contribution >= 4 is 28.9 Å². The standard InChI is InChI=1S/C22H20ClFN2O2/c23-16-6-4-5-15(13-16)20-9-10-21(28-20)22(27)25-17-7-8-19(18(24)14-17)26-11-2-1-3-12-26/h4-10,13-14H,1-3,11-12H2,(H,25,27). The lowest BCUT2D eigenvalue weighted by Gasteiger charge is -2.29. The van der Waals surface area contributed by atoms with Crippen LogP contribution in [-0.2, 0) is 0 Å². The van der Waals surface area contributed by atoms with Gasteiger partial charge in [-0.15, -0.1) is 0 Å². The monoisotopic (exact) mass is 398 g/mol. The maximum absolute atomic E-state index is 14.5. The molecule has 144 valence electrons. The van der Waals surface area contributed by atoms with E-state index in [1.807, 2.05) is 17.0 Å². The van der Waals surface area contributed by atoms with Gasteiger partial charge in [0.05, 0.1) is 5.69 Å². The van der Waals surface area contributed by atoms with Gasteiger partial charge < -0.3 is 14.6 Å². The van der Waals surface area contributed by atoms with E-state index in [-0.39, 0.29) is 11.6 Å². The highest BCUT2D eigenvalue weighted by molar-refractivity contribution is 6.30. The Balaban J connectivity index is 1.47. The van der Waals surface area contributed by atoms with Gasteiger partial charge in [0.25, 0.3) is 5.91 Å². The number of amides is 1. The number of furan rings is 1. The molecule has 1 N–H and O–H groups in total. The third-order valence-electron chi connectivity index (χ3n) is 4.84. The van der Waals surface area contributed by atoms with Gasteiger partial charge in [-0.3, -0.25) is 4.79 Å². The normalized spacial score (nSPS) is 14.1. The lowest BCUT2D eigenvalue weighted by atomic mass is 10.1. The molecule has 0 aliphatic carbocycles. The molecule has 1 aromatic heterocycles. The van der Waals surface area contributed by atoms with Gasteiger partial charge in [0, 0.05) is 29.4 Å². The smallest absolute Gasteiger partial charge is 0.291 e. The van der Waals surface area contributed by atoms with Crippen LogP contribution in [0.4, 0.5) is 15.8 Å². The number of nitrogens with one attached hydrogen (secondary N) is 1. The van der Waals surface area contributed by atoms with Crippen molar-refractivity contribution in [1.29, 1.82) is 0 Å². The number of nitrogens with zero attached hydrogens (tertiary/aromatic N) is 1. The number of rotatable bonds is 4. The van der Waals surface area contributed by atoms with Crippen molar-refractivity contribution in [2.24, 2.45) is 0 Å². The summed E-state index contributed by atoms with van der Waals surface area (Å²) in [6.07, 6.45) is 3.34. The third-order valence-corrected chi connectivity index (χ3v) is 5.08. The zero-order chi connectivity index (χ0) is 19.5. The Kier molecular flexibility index (Phi) is 5.35. The summed E-state index contributed by atoms with van der Waals surface area (Å²) >= 11 is 6.00. The summed E-state index contributed by atoms with van der Waals surface area (Å²) in [6.45, 7) is 1.72. The minimum atomic E-state index is -0.432. The van der Waals surface area contributed by atoms with Gasteiger partial charge in [0.15, 0.2) is 5.76 Å². The van der Waals surface area contributed by atoms with E-state index in [0.717, 1.165) is 31.5 Å². The second-order valence-electron chi connectivity index (χ2n) is 6.84. The lowest BCUT2D eigenvalue weighted by Crippen LogP contribution is -2.30. The Morgan fingerprint density at radius 2 is 1.86 bits per heavy atom. The van der Waals surface area contributed by atoms with E-state index in [1.54, 1.807) is 36.4 Å². The molecule has 0 saturated carbocycles. The van der Waals surface area contributed by atoms with Crippen LogP contribution < -0.4 is 10.2 Å². The Morgan fingerprint density at radius 1 is 1.04 bits per heavy atom. The van der Waals surface area contributed by atoms with E-state index in [2.05, 4.69) is 5.32 Å². The van der Waals surface area contributed by atoms with Crippen molar-refractivity contribution in [3.63, 3.8) is 0 Å². The Labute approximate surface area is 167 Å². The van der Waals surface area contributed by atoms with Crippen molar-refractivity contribution in [3.05, 3.63) is 71.2 Å². The first kappa shape index (κ1) is 18.6. The Bertz CT molecular complexity index is 996. The fourth-order valence-electron chi connectivity index (χ4n) is 3.43. The average Bonchev–Trinajstić information content (AvgIpc) is 3.19. The molecular weight excluding hydrogens is 379 g/mol. The van der Waals surface area contributed by atoms with Crippen LogP contribution in [0.3, 0.4) is 0 Å². The fraction of sp³-hybridized carbons (Fsp3) is 0.227. The van der Waals surface area contributed by atoms with Crippen LogP contribution in [-0.4, -0.2) is 19.0 Å². The molecule has 3 aromatic rings. The molecule has 1 aliphatic heterocycles. The van der Waals surface area contributed by atoms with Crippen molar-refractivity contribution < 1.29 is 13.6 Å². The van der Waals surface area contributed by atoms with E-state index >= 15 is 0 Å². The predicted octanol–water partition coefficient (Wildman–Crippen LogP) is 5.98. The summed E-state index contributed by atoms with van der Waals surface area (Å²) in [4.78, 5) is 14.5. The number of benzene rings is 2. The van der Waals surface area contributed by atoms with Crippen LogP contribution in [0.25, 0.3) is 11.3 Å². The number of halogens is 2. The summed E-state index contributed by atoms with van der Waals surface area (Å²) in [5, 5.41) is 3.28. The number of hydrogen-bond acceptors (Lipinski definition) is 3. The first-order valence-electron chi connectivity index (χ1n) is 9.32. The second-order valence-corrected chi connectivity index (χ2v) is 7.28. The molecule has 4 rings (SSSR count). The van der Waals surface area contributed by atoms with Gasteiger partial charge in [-0.2, -0.15) is 0 Å². The molecule has 0 radical (unpaired) electrons. The van der Waals surface area contributed by atoms with E-state index in [1.165, 1.54) is 12.5 Å². The predicted molar refractivity (Wildman–Crippen MR) is 110 cm³/mol. The zero-order valence-corrected chi connectivity index (χ0v) is 16.0. The molecule has 0 bridgehead atoms. The molecule has 1 fully saturated rings. The molecule has 1 saturated heterocycles. The summed E-state index contributed by atoms with van der Waals surface area (Å²) in [5.41, 5.74) is 1.76. The number of carbonyl (C=O) groups excluding carboxylic acids is 1. The molecular formula is C22H20ClFN2O2. The topological polar surface area (TPSA) is 45.5 Å². The largest absolute Gasteiger partial charge is 0.451 e. The Hall–Kier alpha value is -2.79. The minimum Gasteiger partial charge on any atom is -0.451 e. The van der Waals surface area contributed by atoms with Gasteiger partial charge in [0.2, 0.25) is 0 Å². The summed E-state index contributed by atoms with van der Waals surface area (Å²) in [5.74, 6) is -0.0769. The van der Waals surface area contributed by atoms with E-state index in [4.69, 9.17) is 16.0 Å². The highest BCUT2D eigenvalue weighted by atomic mass is 35.5. The highest BCUT2D eigenvalue weighted by Crippen LogP contribution is 2.27. The van der Waals surface area contributed by atoms with E-state index < -0.39 is 5.91 Å². The lowest BCUT2D eigenvalue weighted by molar-refractivity contribution is 0.0997. The van der Waals surface area contributed by atoms with Gasteiger partial charge in [0.1, 0.15) is 11.6 Å². The quantitative estimate of drug-likeness (QED) is 0.587. The minimum absolute atomic E-state index is 0.149. The molecule has 1 aliphatic rings. The molecule has 0 spiro atoms. The van der Waals surface area contributed by atoms with Crippen molar-refractivity contribution in [3.8, 4) is 11.3 Å². The van der Waals surface area contributed by atoms with Crippen LogP contribution in [0.1, 0.15) is 29.8 Å². The van der Waals surface area contributed by atoms with Gasteiger partial charge in [-0.25, -0.2) is 4.39 Å². The van der Waals surface area contributed by atoms with Gasteiger partial charge >= 0.3 is 0 Å². The number of hydrogen-bond donors (Lipinski definition) is 1.